The van der Waals surface area contributed by atoms with E-state index < -0.39 is 17.7 Å². The van der Waals surface area contributed by atoms with E-state index in [1.807, 2.05) is 57.3 Å². The molecule has 0 amide bonds. The molecule has 33 heavy (non-hydrogen) atoms. The van der Waals surface area contributed by atoms with Crippen LogP contribution in [0.4, 0.5) is 28.8 Å². The molecule has 176 valence electrons. The molecular weight excluding hydrogens is 466 g/mol. The summed E-state index contributed by atoms with van der Waals surface area (Å²) >= 11 is 5.57. The van der Waals surface area contributed by atoms with Crippen molar-refractivity contribution in [1.82, 2.24) is 9.97 Å². The second kappa shape index (κ2) is 12.7. The van der Waals surface area contributed by atoms with Gasteiger partial charge in [0.05, 0.1) is 23.7 Å². The monoisotopic (exact) mass is 491 g/mol. The molecular formula is C22H26ClN5O4S. The number of benzene rings is 2. The van der Waals surface area contributed by atoms with Gasteiger partial charge in [0.2, 0.25) is 5.95 Å². The molecule has 0 bridgehead atoms. The minimum absolute atomic E-state index is 0.222. The molecule has 0 spiro atoms. The standard InChI is InChI=1S/C22H26ClN5O2.O2S/c1-13-8-9-18(19(10-13)24-4)26-21-16(23)11-25-22(28-21)27-17-6-5-7-20(15(17)3)30-12-14(2)29;1-3-2/h5-11,14,24,29H,12H2,1-4H3,(H2,25,26,27,28);. The summed E-state index contributed by atoms with van der Waals surface area (Å²) in [5.41, 5.74) is 4.64. The second-order valence-corrected chi connectivity index (χ2v) is 7.64. The number of ether oxygens (including phenoxy) is 1. The molecule has 1 unspecified atom stereocenters. The van der Waals surface area contributed by atoms with Gasteiger partial charge in [-0.3, -0.25) is 0 Å². The molecule has 1 aromatic heterocycles. The molecule has 11 heteroatoms. The Morgan fingerprint density at radius 3 is 2.52 bits per heavy atom. The summed E-state index contributed by atoms with van der Waals surface area (Å²) < 4.78 is 22.2. The average molecular weight is 492 g/mol. The van der Waals surface area contributed by atoms with Gasteiger partial charge < -0.3 is 25.8 Å². The number of nitrogens with one attached hydrogen (secondary N) is 3. The lowest BCUT2D eigenvalue weighted by molar-refractivity contribution is 0.122. The van der Waals surface area contributed by atoms with Crippen molar-refractivity contribution >= 4 is 52.0 Å². The van der Waals surface area contributed by atoms with Crippen molar-refractivity contribution in [3.63, 3.8) is 0 Å². The Hall–Kier alpha value is -3.21. The molecule has 0 fully saturated rings. The van der Waals surface area contributed by atoms with E-state index >= 15 is 0 Å². The Morgan fingerprint density at radius 2 is 1.85 bits per heavy atom. The zero-order valence-electron chi connectivity index (χ0n) is 18.7. The van der Waals surface area contributed by atoms with E-state index in [9.17, 15) is 5.11 Å². The fourth-order valence-electron chi connectivity index (χ4n) is 2.85. The Labute approximate surface area is 201 Å². The molecule has 0 aliphatic heterocycles. The van der Waals surface area contributed by atoms with Crippen LogP contribution in [0.1, 0.15) is 18.1 Å². The number of aryl methyl sites for hydroxylation is 1. The highest BCUT2D eigenvalue weighted by Crippen LogP contribution is 2.31. The van der Waals surface area contributed by atoms with Gasteiger partial charge in [0.25, 0.3) is 0 Å². The highest BCUT2D eigenvalue weighted by Gasteiger charge is 2.11. The molecule has 9 nitrogen and oxygen atoms in total. The van der Waals surface area contributed by atoms with Crippen molar-refractivity contribution in [2.45, 2.75) is 26.9 Å². The van der Waals surface area contributed by atoms with Crippen molar-refractivity contribution in [3.05, 3.63) is 58.7 Å². The normalized spacial score (nSPS) is 11.0. The summed E-state index contributed by atoms with van der Waals surface area (Å²) in [5, 5.41) is 19.5. The molecule has 3 rings (SSSR count). The van der Waals surface area contributed by atoms with E-state index in [0.717, 1.165) is 28.2 Å². The van der Waals surface area contributed by atoms with Crippen molar-refractivity contribution < 1.29 is 18.3 Å². The van der Waals surface area contributed by atoms with Crippen LogP contribution in [0.15, 0.2) is 42.6 Å². The first-order valence-electron chi connectivity index (χ1n) is 9.96. The molecule has 4 N–H and O–H groups in total. The summed E-state index contributed by atoms with van der Waals surface area (Å²) in [5.74, 6) is 1.58. The highest BCUT2D eigenvalue weighted by atomic mass is 35.5. The molecule has 1 atom stereocenters. The van der Waals surface area contributed by atoms with Gasteiger partial charge in [-0.05, 0) is 50.6 Å². The van der Waals surface area contributed by atoms with Gasteiger partial charge in [0, 0.05) is 18.3 Å². The molecule has 1 heterocycles. The largest absolute Gasteiger partial charge is 0.491 e. The van der Waals surface area contributed by atoms with Crippen LogP contribution in [-0.2, 0) is 11.6 Å². The number of hydrogen-bond donors (Lipinski definition) is 4. The minimum Gasteiger partial charge on any atom is -0.491 e. The number of aliphatic hydroxyl groups excluding tert-OH is 1. The molecule has 0 aliphatic rings. The van der Waals surface area contributed by atoms with Crippen molar-refractivity contribution in [2.24, 2.45) is 0 Å². The Bertz CT molecular complexity index is 1120. The molecule has 0 aliphatic carbocycles. The van der Waals surface area contributed by atoms with Crippen LogP contribution in [0.25, 0.3) is 0 Å². The van der Waals surface area contributed by atoms with Crippen LogP contribution in [-0.4, -0.2) is 43.3 Å². The van der Waals surface area contributed by atoms with Gasteiger partial charge >= 0.3 is 11.6 Å². The third-order valence-corrected chi connectivity index (χ3v) is 4.73. The van der Waals surface area contributed by atoms with E-state index in [2.05, 4.69) is 25.9 Å². The fraction of sp³-hybridized carbons (Fsp3) is 0.273. The topological polar surface area (TPSA) is 125 Å². The first-order valence-corrected chi connectivity index (χ1v) is 11.0. The van der Waals surface area contributed by atoms with Crippen LogP contribution < -0.4 is 20.7 Å². The smallest absolute Gasteiger partial charge is 0.335 e. The van der Waals surface area contributed by atoms with E-state index in [0.29, 0.717) is 22.5 Å². The lowest BCUT2D eigenvalue weighted by Crippen LogP contribution is -2.13. The van der Waals surface area contributed by atoms with Crippen LogP contribution in [0, 0.1) is 13.8 Å². The first-order chi connectivity index (χ1) is 15.8. The predicted octanol–water partition coefficient (Wildman–Crippen LogP) is 4.37. The number of hydrogen-bond acceptors (Lipinski definition) is 9. The zero-order valence-corrected chi connectivity index (χ0v) is 20.3. The molecule has 0 saturated carbocycles. The zero-order chi connectivity index (χ0) is 24.4. The summed E-state index contributed by atoms with van der Waals surface area (Å²) in [6, 6.07) is 11.7. The fourth-order valence-corrected chi connectivity index (χ4v) is 2.99. The van der Waals surface area contributed by atoms with Gasteiger partial charge in [0.15, 0.2) is 5.82 Å². The van der Waals surface area contributed by atoms with E-state index in [1.165, 1.54) is 0 Å². The van der Waals surface area contributed by atoms with E-state index in [4.69, 9.17) is 24.8 Å². The van der Waals surface area contributed by atoms with Crippen LogP contribution in [0.2, 0.25) is 5.02 Å². The predicted molar refractivity (Wildman–Crippen MR) is 132 cm³/mol. The number of aliphatic hydroxyl groups is 1. The van der Waals surface area contributed by atoms with Crippen LogP contribution >= 0.6 is 11.6 Å². The number of nitrogens with zero attached hydrogens (tertiary/aromatic N) is 2. The van der Waals surface area contributed by atoms with E-state index in [1.54, 1.807) is 13.1 Å². The van der Waals surface area contributed by atoms with Crippen molar-refractivity contribution in [2.75, 3.05) is 29.6 Å². The minimum atomic E-state index is -0.750. The number of aromatic nitrogens is 2. The number of halogens is 1. The van der Waals surface area contributed by atoms with Gasteiger partial charge in [0.1, 0.15) is 17.4 Å². The molecule has 3 aromatic rings. The molecule has 0 saturated heterocycles. The summed E-state index contributed by atoms with van der Waals surface area (Å²) in [4.78, 5) is 8.82. The van der Waals surface area contributed by atoms with Gasteiger partial charge in [-0.1, -0.05) is 23.7 Å². The second-order valence-electron chi connectivity index (χ2n) is 7.10. The lowest BCUT2D eigenvalue weighted by Gasteiger charge is -2.16. The third kappa shape index (κ3) is 7.70. The summed E-state index contributed by atoms with van der Waals surface area (Å²) in [6.45, 7) is 5.87. The van der Waals surface area contributed by atoms with Crippen LogP contribution in [0.5, 0.6) is 5.75 Å². The number of anilines is 5. The highest BCUT2D eigenvalue weighted by molar-refractivity contribution is 7.51. The molecule has 2 aromatic carbocycles. The van der Waals surface area contributed by atoms with E-state index in [-0.39, 0.29) is 6.61 Å². The van der Waals surface area contributed by atoms with Gasteiger partial charge in [-0.25, -0.2) is 4.98 Å². The number of rotatable bonds is 8. The van der Waals surface area contributed by atoms with Crippen LogP contribution in [0.3, 0.4) is 0 Å². The quantitative estimate of drug-likeness (QED) is 0.363. The SMILES string of the molecule is CNc1cc(C)ccc1Nc1nc(Nc2cccc(OCC(C)O)c2C)ncc1Cl.O=S=O. The van der Waals surface area contributed by atoms with Gasteiger partial charge in [-0.15, -0.1) is 0 Å². The average Bonchev–Trinajstić information content (AvgIpc) is 2.78. The Morgan fingerprint density at radius 1 is 1.12 bits per heavy atom. The van der Waals surface area contributed by atoms with Crippen molar-refractivity contribution in [1.29, 1.82) is 0 Å². The lowest BCUT2D eigenvalue weighted by atomic mass is 10.2. The van der Waals surface area contributed by atoms with Gasteiger partial charge in [-0.2, -0.15) is 13.4 Å². The maximum absolute atomic E-state index is 9.45. The Kier molecular flexibility index (Phi) is 10.0. The maximum atomic E-state index is 9.45. The first kappa shape index (κ1) is 26.0. The maximum Gasteiger partial charge on any atom is 0.335 e. The molecule has 0 radical (unpaired) electrons. The third-order valence-electron chi connectivity index (χ3n) is 4.45. The Balaban J connectivity index is 0.00000122. The summed E-state index contributed by atoms with van der Waals surface area (Å²) in [7, 11) is 1.86. The van der Waals surface area contributed by atoms with Crippen molar-refractivity contribution in [3.8, 4) is 5.75 Å². The summed E-state index contributed by atoms with van der Waals surface area (Å²) in [6.07, 6.45) is 1.01.